The number of rotatable bonds is 6. The summed E-state index contributed by atoms with van der Waals surface area (Å²) in [5, 5.41) is 23.8. The second-order valence-electron chi connectivity index (χ2n) is 9.19. The van der Waals surface area contributed by atoms with Crippen molar-refractivity contribution in [2.24, 2.45) is 23.5 Å². The first-order chi connectivity index (χ1) is 14.9. The van der Waals surface area contributed by atoms with Gasteiger partial charge in [-0.1, -0.05) is 0 Å². The van der Waals surface area contributed by atoms with E-state index in [9.17, 15) is 10.4 Å². The van der Waals surface area contributed by atoms with Crippen LogP contribution in [0.15, 0.2) is 36.8 Å². The van der Waals surface area contributed by atoms with Crippen LogP contribution >= 0.6 is 0 Å². The molecular weight excluding hydrogens is 392 g/mol. The predicted molar refractivity (Wildman–Crippen MR) is 117 cm³/mol. The lowest BCUT2D eigenvalue weighted by atomic mass is 10.1. The molecule has 8 nitrogen and oxygen atoms in total. The molecule has 0 bridgehead atoms. The molecule has 2 fully saturated rings. The fourth-order valence-corrected chi connectivity index (χ4v) is 4.66. The fraction of sp³-hybridized carbons (Fsp3) is 0.435. The van der Waals surface area contributed by atoms with Gasteiger partial charge in [0, 0.05) is 30.4 Å². The number of anilines is 1. The van der Waals surface area contributed by atoms with Crippen LogP contribution in [0.2, 0.25) is 0 Å². The molecular formula is C23H26N6O2. The Hall–Kier alpha value is -3.15. The molecule has 0 aromatic carbocycles. The Morgan fingerprint density at radius 3 is 2.68 bits per heavy atom. The van der Waals surface area contributed by atoms with E-state index in [2.05, 4.69) is 16.1 Å². The van der Waals surface area contributed by atoms with Crippen LogP contribution in [0.25, 0.3) is 16.6 Å². The Labute approximate surface area is 180 Å². The summed E-state index contributed by atoms with van der Waals surface area (Å²) in [5.41, 5.74) is 7.75. The van der Waals surface area contributed by atoms with E-state index in [4.69, 9.17) is 15.5 Å². The van der Waals surface area contributed by atoms with E-state index in [1.54, 1.807) is 30.8 Å². The molecule has 2 atom stereocenters. The molecule has 31 heavy (non-hydrogen) atoms. The van der Waals surface area contributed by atoms with Gasteiger partial charge >= 0.3 is 0 Å². The normalized spacial score (nSPS) is 22.4. The molecule has 1 aliphatic carbocycles. The van der Waals surface area contributed by atoms with Gasteiger partial charge in [0.25, 0.3) is 0 Å². The van der Waals surface area contributed by atoms with E-state index in [1.165, 1.54) is 0 Å². The van der Waals surface area contributed by atoms with Crippen molar-refractivity contribution in [3.63, 3.8) is 0 Å². The molecule has 1 saturated heterocycles. The van der Waals surface area contributed by atoms with Crippen molar-refractivity contribution in [3.8, 4) is 22.9 Å². The van der Waals surface area contributed by atoms with E-state index in [0.29, 0.717) is 34.6 Å². The highest BCUT2D eigenvalue weighted by atomic mass is 16.5. The van der Waals surface area contributed by atoms with Crippen LogP contribution in [-0.4, -0.2) is 51.5 Å². The van der Waals surface area contributed by atoms with Crippen molar-refractivity contribution in [1.29, 1.82) is 5.26 Å². The molecule has 2 unspecified atom stereocenters. The minimum absolute atomic E-state index is 0.141. The number of nitriles is 1. The predicted octanol–water partition coefficient (Wildman–Crippen LogP) is 2.06. The van der Waals surface area contributed by atoms with Gasteiger partial charge in [0.1, 0.15) is 24.2 Å². The molecule has 0 spiro atoms. The number of fused-ring (bicyclic) bond motifs is 2. The first-order valence-electron chi connectivity index (χ1n) is 10.6. The number of nitrogens with zero attached hydrogens (tertiary/aromatic N) is 5. The zero-order chi connectivity index (χ0) is 21.8. The van der Waals surface area contributed by atoms with Crippen LogP contribution in [0, 0.1) is 29.1 Å². The monoisotopic (exact) mass is 418 g/mol. The summed E-state index contributed by atoms with van der Waals surface area (Å²) in [7, 11) is 0. The summed E-state index contributed by atoms with van der Waals surface area (Å²) in [4.78, 5) is 7.03. The topological polar surface area (TPSA) is 113 Å². The molecule has 3 N–H and O–H groups in total. The van der Waals surface area contributed by atoms with Crippen LogP contribution in [0.3, 0.4) is 0 Å². The molecule has 1 saturated carbocycles. The number of ether oxygens (including phenoxy) is 1. The number of nitrogens with two attached hydrogens (primary N) is 1. The van der Waals surface area contributed by atoms with Crippen LogP contribution in [0.4, 0.5) is 5.82 Å². The molecule has 0 radical (unpaired) electrons. The maximum absolute atomic E-state index is 10.00. The van der Waals surface area contributed by atoms with Crippen molar-refractivity contribution in [1.82, 2.24) is 14.6 Å². The summed E-state index contributed by atoms with van der Waals surface area (Å²) >= 11 is 0. The Kier molecular flexibility index (Phi) is 4.61. The Balaban J connectivity index is 1.45. The second-order valence-corrected chi connectivity index (χ2v) is 9.19. The zero-order valence-electron chi connectivity index (χ0n) is 17.7. The van der Waals surface area contributed by atoms with E-state index in [0.717, 1.165) is 36.6 Å². The average molecular weight is 419 g/mol. The quantitative estimate of drug-likeness (QED) is 0.630. The largest absolute Gasteiger partial charge is 0.489 e. The molecule has 160 valence electrons. The Morgan fingerprint density at radius 1 is 1.29 bits per heavy atom. The van der Waals surface area contributed by atoms with Crippen molar-refractivity contribution >= 4 is 11.3 Å². The summed E-state index contributed by atoms with van der Waals surface area (Å²) in [6.45, 7) is 6.34. The third-order valence-corrected chi connectivity index (χ3v) is 6.33. The van der Waals surface area contributed by atoms with Crippen LogP contribution in [-0.2, 0) is 0 Å². The summed E-state index contributed by atoms with van der Waals surface area (Å²) in [6.07, 6.45) is 5.10. The summed E-state index contributed by atoms with van der Waals surface area (Å²) < 4.78 is 7.43. The molecule has 3 aromatic heterocycles. The third-order valence-electron chi connectivity index (χ3n) is 6.33. The lowest BCUT2D eigenvalue weighted by Gasteiger charge is -2.21. The van der Waals surface area contributed by atoms with Gasteiger partial charge < -0.3 is 20.5 Å². The Morgan fingerprint density at radius 2 is 2.06 bits per heavy atom. The van der Waals surface area contributed by atoms with Crippen LogP contribution < -0.4 is 15.4 Å². The molecule has 8 heteroatoms. The zero-order valence-corrected chi connectivity index (χ0v) is 17.7. The van der Waals surface area contributed by atoms with Crippen LogP contribution in [0.1, 0.15) is 19.4 Å². The SMILES string of the molecule is CC(C)(O)COc1cc(-c2ccc(N3CC4C(CN)C4C3)nc2)c2c(C#N)cnn2c1. The number of aliphatic hydroxyl groups is 1. The van der Waals surface area contributed by atoms with Gasteiger partial charge in [-0.3, -0.25) is 0 Å². The van der Waals surface area contributed by atoms with Gasteiger partial charge in [0.15, 0.2) is 0 Å². The number of pyridine rings is 2. The highest BCUT2D eigenvalue weighted by Crippen LogP contribution is 2.51. The summed E-state index contributed by atoms with van der Waals surface area (Å²) in [5.74, 6) is 3.63. The van der Waals surface area contributed by atoms with Crippen LogP contribution in [0.5, 0.6) is 5.75 Å². The molecule has 1 aliphatic heterocycles. The van der Waals surface area contributed by atoms with Crippen molar-refractivity contribution < 1.29 is 9.84 Å². The van der Waals surface area contributed by atoms with E-state index in [-0.39, 0.29) is 6.61 Å². The molecule has 0 amide bonds. The number of piperidine rings is 1. The van der Waals surface area contributed by atoms with Gasteiger partial charge in [-0.05, 0) is 56.3 Å². The maximum atomic E-state index is 10.00. The number of hydrogen-bond donors (Lipinski definition) is 2. The average Bonchev–Trinajstić information content (AvgIpc) is 3.07. The standard InChI is InChI=1S/C23H26N6O2/c1-23(2,30)13-31-16-5-17(22-15(6-24)9-27-29(22)10-16)14-3-4-21(26-8-14)28-11-19-18(7-25)20(19)12-28/h3-5,8-10,18-20,30H,7,11-13,25H2,1-2H3. The van der Waals surface area contributed by atoms with E-state index >= 15 is 0 Å². The highest BCUT2D eigenvalue weighted by molar-refractivity contribution is 5.85. The molecule has 3 aromatic rings. The van der Waals surface area contributed by atoms with Crippen molar-refractivity contribution in [2.75, 3.05) is 31.1 Å². The fourth-order valence-electron chi connectivity index (χ4n) is 4.66. The minimum Gasteiger partial charge on any atom is -0.489 e. The first-order valence-corrected chi connectivity index (χ1v) is 10.6. The Bertz CT molecular complexity index is 1150. The third kappa shape index (κ3) is 3.60. The van der Waals surface area contributed by atoms with Gasteiger partial charge in [-0.2, -0.15) is 10.4 Å². The van der Waals surface area contributed by atoms with E-state index in [1.807, 2.05) is 24.4 Å². The van der Waals surface area contributed by atoms with Gasteiger partial charge in [-0.15, -0.1) is 0 Å². The smallest absolute Gasteiger partial charge is 0.138 e. The van der Waals surface area contributed by atoms with Gasteiger partial charge in [0.2, 0.25) is 0 Å². The van der Waals surface area contributed by atoms with Gasteiger partial charge in [0.05, 0.1) is 29.1 Å². The molecule has 2 aliphatic rings. The lowest BCUT2D eigenvalue weighted by Crippen LogP contribution is -2.27. The van der Waals surface area contributed by atoms with Gasteiger partial charge in [-0.25, -0.2) is 9.50 Å². The lowest BCUT2D eigenvalue weighted by molar-refractivity contribution is 0.0283. The number of aromatic nitrogens is 3. The molecule has 5 rings (SSSR count). The first kappa shape index (κ1) is 19.8. The van der Waals surface area contributed by atoms with Crippen molar-refractivity contribution in [2.45, 2.75) is 19.4 Å². The number of hydrogen-bond acceptors (Lipinski definition) is 7. The molecule has 4 heterocycles. The minimum atomic E-state index is -0.959. The second kappa shape index (κ2) is 7.22. The van der Waals surface area contributed by atoms with E-state index < -0.39 is 5.60 Å². The highest BCUT2D eigenvalue weighted by Gasteiger charge is 2.54. The maximum Gasteiger partial charge on any atom is 0.138 e. The van der Waals surface area contributed by atoms with Crippen molar-refractivity contribution in [3.05, 3.63) is 42.4 Å². The summed E-state index contributed by atoms with van der Waals surface area (Å²) in [6, 6.07) is 8.13.